The summed E-state index contributed by atoms with van der Waals surface area (Å²) in [4.78, 5) is 2.51. The third-order valence-electron chi connectivity index (χ3n) is 4.72. The van der Waals surface area contributed by atoms with Crippen LogP contribution in [0.5, 0.6) is 11.5 Å². The number of nitrogens with zero attached hydrogens (tertiary/aromatic N) is 1. The standard InChI is InChI=1S/C17H24N2O2/c1-7-18-15(13-3-4-13)12-19(8-1)14-5-6-16-17(11-14)21-10-2-9-20-16/h5-6,11,13,15,18H,1-4,7-10,12H2. The highest BCUT2D eigenvalue weighted by Gasteiger charge is 2.33. The molecule has 1 N–H and O–H groups in total. The Morgan fingerprint density at radius 3 is 2.76 bits per heavy atom. The summed E-state index contributed by atoms with van der Waals surface area (Å²) < 4.78 is 11.6. The number of hydrogen-bond acceptors (Lipinski definition) is 4. The Hall–Kier alpha value is -1.42. The van der Waals surface area contributed by atoms with Gasteiger partial charge < -0.3 is 19.7 Å². The summed E-state index contributed by atoms with van der Waals surface area (Å²) in [5, 5.41) is 3.72. The van der Waals surface area contributed by atoms with Gasteiger partial charge in [-0.05, 0) is 43.9 Å². The molecule has 1 aromatic carbocycles. The molecule has 21 heavy (non-hydrogen) atoms. The molecule has 1 saturated heterocycles. The zero-order valence-corrected chi connectivity index (χ0v) is 12.5. The molecule has 2 heterocycles. The largest absolute Gasteiger partial charge is 0.490 e. The lowest BCUT2D eigenvalue weighted by atomic mass is 10.1. The fourth-order valence-corrected chi connectivity index (χ4v) is 3.35. The van der Waals surface area contributed by atoms with Crippen molar-refractivity contribution in [1.29, 1.82) is 0 Å². The summed E-state index contributed by atoms with van der Waals surface area (Å²) in [6.07, 6.45) is 4.96. The van der Waals surface area contributed by atoms with Crippen LogP contribution in [0.3, 0.4) is 0 Å². The fraction of sp³-hybridized carbons (Fsp3) is 0.647. The van der Waals surface area contributed by atoms with E-state index in [-0.39, 0.29) is 0 Å². The van der Waals surface area contributed by atoms with Crippen molar-refractivity contribution in [3.05, 3.63) is 18.2 Å². The third kappa shape index (κ3) is 2.95. The maximum Gasteiger partial charge on any atom is 0.163 e. The summed E-state index contributed by atoms with van der Waals surface area (Å²) in [5.41, 5.74) is 1.27. The van der Waals surface area contributed by atoms with Crippen LogP contribution in [0.4, 0.5) is 5.69 Å². The van der Waals surface area contributed by atoms with Gasteiger partial charge in [0, 0.05) is 37.3 Å². The average Bonchev–Trinajstić information content (AvgIpc) is 3.33. The summed E-state index contributed by atoms with van der Waals surface area (Å²) >= 11 is 0. The minimum Gasteiger partial charge on any atom is -0.490 e. The third-order valence-corrected chi connectivity index (χ3v) is 4.72. The molecule has 3 aliphatic rings. The lowest BCUT2D eigenvalue weighted by Crippen LogP contribution is -2.39. The topological polar surface area (TPSA) is 33.7 Å². The Morgan fingerprint density at radius 1 is 1.05 bits per heavy atom. The molecule has 4 nitrogen and oxygen atoms in total. The number of nitrogens with one attached hydrogen (secondary N) is 1. The van der Waals surface area contributed by atoms with E-state index in [9.17, 15) is 0 Å². The van der Waals surface area contributed by atoms with Crippen molar-refractivity contribution in [3.8, 4) is 11.5 Å². The lowest BCUT2D eigenvalue weighted by Gasteiger charge is -2.27. The van der Waals surface area contributed by atoms with Crippen molar-refractivity contribution in [2.75, 3.05) is 37.7 Å². The van der Waals surface area contributed by atoms with Gasteiger partial charge >= 0.3 is 0 Å². The first-order valence-corrected chi connectivity index (χ1v) is 8.28. The van der Waals surface area contributed by atoms with E-state index >= 15 is 0 Å². The average molecular weight is 288 g/mol. The molecule has 1 saturated carbocycles. The molecule has 1 atom stereocenters. The number of benzene rings is 1. The number of fused-ring (bicyclic) bond motifs is 1. The Morgan fingerprint density at radius 2 is 1.90 bits per heavy atom. The molecule has 0 spiro atoms. The normalized spacial score (nSPS) is 26.1. The molecule has 0 bridgehead atoms. The maximum atomic E-state index is 5.83. The quantitative estimate of drug-likeness (QED) is 0.906. The van der Waals surface area contributed by atoms with E-state index in [1.807, 2.05) is 0 Å². The number of rotatable bonds is 2. The van der Waals surface area contributed by atoms with Crippen LogP contribution in [0, 0.1) is 5.92 Å². The lowest BCUT2D eigenvalue weighted by molar-refractivity contribution is 0.297. The highest BCUT2D eigenvalue weighted by Crippen LogP contribution is 2.36. The second-order valence-corrected chi connectivity index (χ2v) is 6.38. The molecule has 0 aromatic heterocycles. The fourth-order valence-electron chi connectivity index (χ4n) is 3.35. The van der Waals surface area contributed by atoms with Crippen molar-refractivity contribution in [2.24, 2.45) is 5.92 Å². The number of hydrogen-bond donors (Lipinski definition) is 1. The molecule has 0 radical (unpaired) electrons. The van der Waals surface area contributed by atoms with Crippen LogP contribution in [0.2, 0.25) is 0 Å². The molecule has 4 rings (SSSR count). The van der Waals surface area contributed by atoms with Crippen LogP contribution in [0.15, 0.2) is 18.2 Å². The van der Waals surface area contributed by atoms with Crippen LogP contribution in [0.1, 0.15) is 25.7 Å². The first-order chi connectivity index (χ1) is 10.4. The van der Waals surface area contributed by atoms with E-state index in [1.54, 1.807) is 0 Å². The zero-order chi connectivity index (χ0) is 14.1. The molecular formula is C17H24N2O2. The van der Waals surface area contributed by atoms with Crippen LogP contribution in [-0.2, 0) is 0 Å². The zero-order valence-electron chi connectivity index (χ0n) is 12.5. The van der Waals surface area contributed by atoms with E-state index in [2.05, 4.69) is 28.4 Å². The van der Waals surface area contributed by atoms with Gasteiger partial charge in [0.2, 0.25) is 0 Å². The van der Waals surface area contributed by atoms with Gasteiger partial charge in [0.15, 0.2) is 11.5 Å². The Kier molecular flexibility index (Phi) is 3.63. The molecule has 0 amide bonds. The van der Waals surface area contributed by atoms with Crippen LogP contribution < -0.4 is 19.7 Å². The van der Waals surface area contributed by atoms with Gasteiger partial charge in [-0.15, -0.1) is 0 Å². The molecule has 114 valence electrons. The van der Waals surface area contributed by atoms with Crippen LogP contribution in [-0.4, -0.2) is 38.9 Å². The van der Waals surface area contributed by atoms with E-state index < -0.39 is 0 Å². The van der Waals surface area contributed by atoms with Crippen LogP contribution in [0.25, 0.3) is 0 Å². The van der Waals surface area contributed by atoms with E-state index in [0.717, 1.165) is 56.7 Å². The molecule has 1 aliphatic carbocycles. The first kappa shape index (κ1) is 13.3. The van der Waals surface area contributed by atoms with Crippen LogP contribution >= 0.6 is 0 Å². The summed E-state index contributed by atoms with van der Waals surface area (Å²) in [5.74, 6) is 2.69. The van der Waals surface area contributed by atoms with Gasteiger partial charge in [0.25, 0.3) is 0 Å². The predicted octanol–water partition coefficient (Wildman–Crippen LogP) is 2.43. The highest BCUT2D eigenvalue weighted by molar-refractivity contribution is 5.57. The first-order valence-electron chi connectivity index (χ1n) is 8.28. The monoisotopic (exact) mass is 288 g/mol. The molecule has 1 unspecified atom stereocenters. The molecule has 1 aromatic rings. The predicted molar refractivity (Wildman–Crippen MR) is 83.4 cm³/mol. The van der Waals surface area contributed by atoms with Crippen molar-refractivity contribution in [1.82, 2.24) is 5.32 Å². The van der Waals surface area contributed by atoms with Crippen molar-refractivity contribution in [2.45, 2.75) is 31.7 Å². The Labute approximate surface area is 126 Å². The minimum absolute atomic E-state index is 0.656. The van der Waals surface area contributed by atoms with Crippen molar-refractivity contribution < 1.29 is 9.47 Å². The summed E-state index contributed by atoms with van der Waals surface area (Å²) in [6.45, 7) is 4.88. The second-order valence-electron chi connectivity index (χ2n) is 6.38. The van der Waals surface area contributed by atoms with Gasteiger partial charge in [-0.3, -0.25) is 0 Å². The Balaban J connectivity index is 1.55. The van der Waals surface area contributed by atoms with Gasteiger partial charge in [0.1, 0.15) is 0 Å². The van der Waals surface area contributed by atoms with Gasteiger partial charge in [-0.25, -0.2) is 0 Å². The van der Waals surface area contributed by atoms with E-state index in [0.29, 0.717) is 6.04 Å². The molecule has 2 fully saturated rings. The van der Waals surface area contributed by atoms with Gasteiger partial charge in [0.05, 0.1) is 13.2 Å². The number of ether oxygens (including phenoxy) is 2. The van der Waals surface area contributed by atoms with E-state index in [1.165, 1.54) is 24.9 Å². The maximum absolute atomic E-state index is 5.83. The number of anilines is 1. The van der Waals surface area contributed by atoms with Gasteiger partial charge in [-0.1, -0.05) is 0 Å². The summed E-state index contributed by atoms with van der Waals surface area (Å²) in [6, 6.07) is 7.07. The van der Waals surface area contributed by atoms with Crippen molar-refractivity contribution >= 4 is 5.69 Å². The second kappa shape index (κ2) is 5.76. The highest BCUT2D eigenvalue weighted by atomic mass is 16.5. The SMILES string of the molecule is c1cc2c(cc1N1CCCNC(C3CC3)C1)OCCCO2. The molecule has 4 heteroatoms. The molecule has 2 aliphatic heterocycles. The molecular weight excluding hydrogens is 264 g/mol. The minimum atomic E-state index is 0.656. The summed E-state index contributed by atoms with van der Waals surface area (Å²) in [7, 11) is 0. The van der Waals surface area contributed by atoms with Gasteiger partial charge in [-0.2, -0.15) is 0 Å². The van der Waals surface area contributed by atoms with E-state index in [4.69, 9.17) is 9.47 Å². The van der Waals surface area contributed by atoms with Crippen molar-refractivity contribution in [3.63, 3.8) is 0 Å². The smallest absolute Gasteiger partial charge is 0.163 e. The Bertz CT molecular complexity index is 502.